The predicted molar refractivity (Wildman–Crippen MR) is 157 cm³/mol. The lowest BCUT2D eigenvalue weighted by Crippen LogP contribution is -2.38. The highest BCUT2D eigenvalue weighted by Gasteiger charge is 2.53. The Kier molecular flexibility index (Phi) is 7.57. The van der Waals surface area contributed by atoms with Crippen LogP contribution >= 0.6 is 11.6 Å². The summed E-state index contributed by atoms with van der Waals surface area (Å²) in [6, 6.07) is 17.7. The van der Waals surface area contributed by atoms with Crippen molar-refractivity contribution in [2.45, 2.75) is 43.7 Å². The first kappa shape index (κ1) is 28.3. The number of rotatable bonds is 10. The fourth-order valence-electron chi connectivity index (χ4n) is 5.08. The molecule has 1 aliphatic heterocycles. The van der Waals surface area contributed by atoms with Crippen LogP contribution in [-0.4, -0.2) is 49.6 Å². The number of oxime groups is 1. The molecule has 5 rings (SSSR count). The topological polar surface area (TPSA) is 110 Å². The Hall–Kier alpha value is -4.24. The summed E-state index contributed by atoms with van der Waals surface area (Å²) in [6.07, 6.45) is 3.50. The SMILES string of the molecule is COc1cc(C=NOC(C)(C)C(=O)O)cc(NC(C(=O)N2CC3(CC3)c3ccccc32)c2ccc(Cl)cc2OC)c1. The van der Waals surface area contributed by atoms with Gasteiger partial charge in [0.05, 0.1) is 20.4 Å². The third-order valence-corrected chi connectivity index (χ3v) is 7.81. The fraction of sp³-hybridized carbons (Fsp3) is 0.323. The number of hydrogen-bond acceptors (Lipinski definition) is 7. The fourth-order valence-corrected chi connectivity index (χ4v) is 5.24. The Morgan fingerprint density at radius 1 is 1.10 bits per heavy atom. The molecule has 1 saturated carbocycles. The molecule has 0 bridgehead atoms. The van der Waals surface area contributed by atoms with Gasteiger partial charge in [-0.15, -0.1) is 0 Å². The average molecular weight is 578 g/mol. The normalized spacial score (nSPS) is 15.9. The number of nitrogens with one attached hydrogen (secondary N) is 1. The van der Waals surface area contributed by atoms with Crippen LogP contribution in [0.5, 0.6) is 11.5 Å². The molecule has 3 aromatic rings. The number of carboxylic acid groups (broad SMARTS) is 1. The van der Waals surface area contributed by atoms with Gasteiger partial charge < -0.3 is 29.6 Å². The summed E-state index contributed by atoms with van der Waals surface area (Å²) < 4.78 is 11.1. The second-order valence-electron chi connectivity index (χ2n) is 10.8. The van der Waals surface area contributed by atoms with E-state index in [0.717, 1.165) is 18.5 Å². The first-order valence-corrected chi connectivity index (χ1v) is 13.6. The largest absolute Gasteiger partial charge is 0.497 e. The van der Waals surface area contributed by atoms with Gasteiger partial charge in [-0.1, -0.05) is 41.0 Å². The summed E-state index contributed by atoms with van der Waals surface area (Å²) in [5, 5.41) is 17.0. The Labute approximate surface area is 243 Å². The monoisotopic (exact) mass is 577 g/mol. The van der Waals surface area contributed by atoms with Gasteiger partial charge in [0.15, 0.2) is 0 Å². The zero-order valence-corrected chi connectivity index (χ0v) is 24.1. The van der Waals surface area contributed by atoms with Gasteiger partial charge in [0, 0.05) is 45.6 Å². The number of para-hydroxylation sites is 1. The maximum absolute atomic E-state index is 14.4. The van der Waals surface area contributed by atoms with Crippen LogP contribution in [-0.2, 0) is 19.8 Å². The van der Waals surface area contributed by atoms with E-state index in [1.54, 1.807) is 43.5 Å². The summed E-state index contributed by atoms with van der Waals surface area (Å²) in [4.78, 5) is 32.8. The van der Waals surface area contributed by atoms with Crippen molar-refractivity contribution in [3.8, 4) is 11.5 Å². The number of fused-ring (bicyclic) bond motifs is 2. The first-order valence-electron chi connectivity index (χ1n) is 13.2. The van der Waals surface area contributed by atoms with E-state index >= 15 is 0 Å². The van der Waals surface area contributed by atoms with Crippen LogP contribution < -0.4 is 19.7 Å². The van der Waals surface area contributed by atoms with Gasteiger partial charge in [0.25, 0.3) is 5.91 Å². The van der Waals surface area contributed by atoms with Crippen LogP contribution in [0.4, 0.5) is 11.4 Å². The van der Waals surface area contributed by atoms with Crippen LogP contribution in [0.3, 0.4) is 0 Å². The Morgan fingerprint density at radius 3 is 2.54 bits per heavy atom. The number of aliphatic carboxylic acids is 1. The molecule has 1 aliphatic carbocycles. The molecule has 1 spiro atoms. The zero-order valence-electron chi connectivity index (χ0n) is 23.3. The molecule has 3 aromatic carbocycles. The van der Waals surface area contributed by atoms with Crippen LogP contribution in [0.2, 0.25) is 5.02 Å². The summed E-state index contributed by atoms with van der Waals surface area (Å²) >= 11 is 6.26. The average Bonchev–Trinajstić information content (AvgIpc) is 3.67. The minimum atomic E-state index is -1.50. The standard InChI is InChI=1S/C31H32ClN3O6/c1-30(2,29(37)38)41-33-17-19-13-21(16-22(14-19)39-3)34-27(23-10-9-20(32)15-26(23)40-4)28(36)35-18-31(11-12-31)24-7-5-6-8-25(24)35/h5-10,13-17,27,34H,11-12,18H2,1-4H3,(H,37,38). The van der Waals surface area contributed by atoms with E-state index in [0.29, 0.717) is 39.9 Å². The number of benzene rings is 3. The second kappa shape index (κ2) is 11.0. The number of hydrogen-bond donors (Lipinski definition) is 2. The first-order chi connectivity index (χ1) is 19.6. The number of ether oxygens (including phenoxy) is 2. The van der Waals surface area contributed by atoms with Crippen molar-refractivity contribution < 1.29 is 29.0 Å². The Balaban J connectivity index is 1.51. The maximum Gasteiger partial charge on any atom is 0.350 e. The number of carboxylic acids is 1. The van der Waals surface area contributed by atoms with Crippen molar-refractivity contribution >= 4 is 41.1 Å². The van der Waals surface area contributed by atoms with Gasteiger partial charge >= 0.3 is 5.97 Å². The quantitative estimate of drug-likeness (QED) is 0.231. The van der Waals surface area contributed by atoms with Crippen molar-refractivity contribution in [1.82, 2.24) is 0 Å². The van der Waals surface area contributed by atoms with E-state index in [1.807, 2.05) is 23.1 Å². The van der Waals surface area contributed by atoms with Gasteiger partial charge in [0.2, 0.25) is 5.60 Å². The zero-order chi connectivity index (χ0) is 29.4. The predicted octanol–water partition coefficient (Wildman–Crippen LogP) is 5.80. The molecule has 0 saturated heterocycles. The van der Waals surface area contributed by atoms with Crippen LogP contribution in [0.1, 0.15) is 49.4 Å². The van der Waals surface area contributed by atoms with E-state index in [4.69, 9.17) is 25.9 Å². The van der Waals surface area contributed by atoms with E-state index in [1.165, 1.54) is 32.7 Å². The molecule has 0 radical (unpaired) electrons. The lowest BCUT2D eigenvalue weighted by atomic mass is 9.99. The minimum Gasteiger partial charge on any atom is -0.497 e. The highest BCUT2D eigenvalue weighted by atomic mass is 35.5. The molecular weight excluding hydrogens is 546 g/mol. The minimum absolute atomic E-state index is 0.0181. The number of nitrogens with zero attached hydrogens (tertiary/aromatic N) is 2. The highest BCUT2D eigenvalue weighted by Crippen LogP contribution is 2.56. The number of methoxy groups -OCH3 is 2. The van der Waals surface area contributed by atoms with Crippen LogP contribution in [0.15, 0.2) is 65.8 Å². The maximum atomic E-state index is 14.4. The van der Waals surface area contributed by atoms with Crippen LogP contribution in [0.25, 0.3) is 0 Å². The van der Waals surface area contributed by atoms with Gasteiger partial charge in [-0.3, -0.25) is 4.79 Å². The molecule has 2 aliphatic rings. The smallest absolute Gasteiger partial charge is 0.350 e. The van der Waals surface area contributed by atoms with Gasteiger partial charge in [-0.2, -0.15) is 0 Å². The Bertz CT molecular complexity index is 1520. The second-order valence-corrected chi connectivity index (χ2v) is 11.3. The summed E-state index contributed by atoms with van der Waals surface area (Å²) in [5.74, 6) is -0.290. The molecule has 1 unspecified atom stereocenters. The van der Waals surface area contributed by atoms with Crippen molar-refractivity contribution in [3.63, 3.8) is 0 Å². The number of halogens is 1. The van der Waals surface area contributed by atoms with Gasteiger partial charge in [-0.25, -0.2) is 4.79 Å². The van der Waals surface area contributed by atoms with E-state index in [-0.39, 0.29) is 11.3 Å². The van der Waals surface area contributed by atoms with Gasteiger partial charge in [-0.05, 0) is 62.6 Å². The molecular formula is C31H32ClN3O6. The van der Waals surface area contributed by atoms with Crippen molar-refractivity contribution in [2.24, 2.45) is 5.16 Å². The lowest BCUT2D eigenvalue weighted by Gasteiger charge is -2.27. The highest BCUT2D eigenvalue weighted by molar-refractivity contribution is 6.30. The third-order valence-electron chi connectivity index (χ3n) is 7.57. The molecule has 214 valence electrons. The number of carbonyl (C=O) groups excluding carboxylic acids is 1. The molecule has 10 heteroatoms. The number of carbonyl (C=O) groups is 2. The molecule has 9 nitrogen and oxygen atoms in total. The van der Waals surface area contributed by atoms with E-state index in [9.17, 15) is 14.7 Å². The van der Waals surface area contributed by atoms with E-state index < -0.39 is 17.6 Å². The Morgan fingerprint density at radius 2 is 1.85 bits per heavy atom. The van der Waals surface area contributed by atoms with Crippen molar-refractivity contribution in [1.29, 1.82) is 0 Å². The molecule has 1 atom stereocenters. The summed E-state index contributed by atoms with van der Waals surface area (Å²) in [7, 11) is 3.07. The molecule has 1 amide bonds. The van der Waals surface area contributed by atoms with Crippen LogP contribution in [0, 0.1) is 0 Å². The van der Waals surface area contributed by atoms with Gasteiger partial charge in [0.1, 0.15) is 17.5 Å². The van der Waals surface area contributed by atoms with E-state index in [2.05, 4.69) is 16.5 Å². The molecule has 1 heterocycles. The number of anilines is 2. The lowest BCUT2D eigenvalue weighted by molar-refractivity contribution is -0.161. The third kappa shape index (κ3) is 5.67. The summed E-state index contributed by atoms with van der Waals surface area (Å²) in [6.45, 7) is 3.43. The molecule has 0 aromatic heterocycles. The molecule has 41 heavy (non-hydrogen) atoms. The summed E-state index contributed by atoms with van der Waals surface area (Å²) in [5.41, 5.74) is 2.43. The molecule has 2 N–H and O–H groups in total. The number of amides is 1. The molecule has 1 fully saturated rings. The van der Waals surface area contributed by atoms with Crippen molar-refractivity contribution in [2.75, 3.05) is 31.0 Å². The van der Waals surface area contributed by atoms with Crippen molar-refractivity contribution in [3.05, 3.63) is 82.4 Å².